The highest BCUT2D eigenvalue weighted by Gasteiger charge is 2.30. The zero-order chi connectivity index (χ0) is 19.8. The van der Waals surface area contributed by atoms with Gasteiger partial charge in [0.15, 0.2) is 0 Å². The van der Waals surface area contributed by atoms with E-state index in [4.69, 9.17) is 21.9 Å². The maximum atomic E-state index is 5.94. The van der Waals surface area contributed by atoms with Crippen molar-refractivity contribution >= 4 is 34.2 Å². The topological polar surface area (TPSA) is 25.4 Å². The van der Waals surface area contributed by atoms with Crippen molar-refractivity contribution < 1.29 is 4.74 Å². The van der Waals surface area contributed by atoms with Crippen molar-refractivity contribution in [2.75, 3.05) is 12.0 Å². The van der Waals surface area contributed by atoms with E-state index in [1.54, 1.807) is 18.4 Å². The number of pyridine rings is 1. The van der Waals surface area contributed by atoms with Crippen molar-refractivity contribution in [3.05, 3.63) is 89.4 Å². The lowest BCUT2D eigenvalue weighted by Crippen LogP contribution is -2.22. The minimum atomic E-state index is 0.653. The quantitative estimate of drug-likeness (QED) is 0.372. The van der Waals surface area contributed by atoms with E-state index in [0.29, 0.717) is 6.54 Å². The Bertz CT molecular complexity index is 1190. The summed E-state index contributed by atoms with van der Waals surface area (Å²) in [7, 11) is 1.68. The summed E-state index contributed by atoms with van der Waals surface area (Å²) >= 11 is 7.64. The summed E-state index contributed by atoms with van der Waals surface area (Å²) in [5, 5.41) is 2.08. The van der Waals surface area contributed by atoms with Crippen LogP contribution in [-0.4, -0.2) is 17.1 Å². The molecule has 0 unspecified atom stereocenters. The van der Waals surface area contributed by atoms with Crippen molar-refractivity contribution in [1.29, 1.82) is 0 Å². The van der Waals surface area contributed by atoms with Crippen LogP contribution < -0.4 is 9.64 Å². The number of benzene rings is 2. The Morgan fingerprint density at radius 3 is 2.62 bits per heavy atom. The molecule has 5 heteroatoms. The molecule has 0 atom stereocenters. The van der Waals surface area contributed by atoms with Gasteiger partial charge in [-0.15, -0.1) is 11.3 Å². The number of nitrogens with zero attached hydrogens (tertiary/aromatic N) is 2. The zero-order valence-electron chi connectivity index (χ0n) is 15.8. The molecule has 4 aromatic rings. The zero-order valence-corrected chi connectivity index (χ0v) is 17.5. The van der Waals surface area contributed by atoms with Crippen LogP contribution in [-0.2, 0) is 6.54 Å². The first-order valence-electron chi connectivity index (χ1n) is 9.34. The maximum absolute atomic E-state index is 5.94. The number of anilines is 1. The van der Waals surface area contributed by atoms with Crippen LogP contribution in [0.3, 0.4) is 0 Å². The van der Waals surface area contributed by atoms with Crippen LogP contribution in [0.25, 0.3) is 21.7 Å². The molecule has 0 radical (unpaired) electrons. The minimum absolute atomic E-state index is 0.653. The molecule has 29 heavy (non-hydrogen) atoms. The summed E-state index contributed by atoms with van der Waals surface area (Å²) in [6.07, 6.45) is 0. The van der Waals surface area contributed by atoms with Gasteiger partial charge < -0.3 is 9.64 Å². The lowest BCUT2D eigenvalue weighted by atomic mass is 9.98. The highest BCUT2D eigenvalue weighted by atomic mass is 32.1. The smallest absolute Gasteiger partial charge is 0.120 e. The number of fused-ring (bicyclic) bond motifs is 1. The second-order valence-electron chi connectivity index (χ2n) is 6.81. The third-order valence-corrected chi connectivity index (χ3v) is 6.40. The van der Waals surface area contributed by atoms with Crippen molar-refractivity contribution in [2.24, 2.45) is 0 Å². The molecule has 0 amide bonds. The molecule has 0 saturated heterocycles. The number of ether oxygens (including phenoxy) is 1. The van der Waals surface area contributed by atoms with Gasteiger partial charge in [0.05, 0.1) is 29.9 Å². The molecule has 0 N–H and O–H groups in total. The van der Waals surface area contributed by atoms with Crippen LogP contribution in [0.5, 0.6) is 5.75 Å². The van der Waals surface area contributed by atoms with Crippen LogP contribution in [0, 0.1) is 0 Å². The number of methoxy groups -OCH3 is 1. The first kappa shape index (κ1) is 18.0. The number of aromatic nitrogens is 1. The second-order valence-corrected chi connectivity index (χ2v) is 8.15. The van der Waals surface area contributed by atoms with Crippen LogP contribution in [0.2, 0.25) is 0 Å². The highest BCUT2D eigenvalue weighted by Crippen LogP contribution is 2.38. The fraction of sp³-hybridized carbons (Fsp3) is 0.0833. The average molecular weight is 415 g/mol. The van der Waals surface area contributed by atoms with E-state index in [-0.39, 0.29) is 0 Å². The number of hydrogen-bond acceptors (Lipinski definition) is 4. The summed E-state index contributed by atoms with van der Waals surface area (Å²) in [5.41, 5.74) is 6.36. The van der Waals surface area contributed by atoms with Gasteiger partial charge in [-0.3, -0.25) is 0 Å². The Morgan fingerprint density at radius 2 is 1.86 bits per heavy atom. The van der Waals surface area contributed by atoms with Crippen LogP contribution in [0.15, 0.2) is 78.2 Å². The number of thiophene rings is 1. The van der Waals surface area contributed by atoms with Gasteiger partial charge in [-0.05, 0) is 40.8 Å². The van der Waals surface area contributed by atoms with Gasteiger partial charge in [-0.25, -0.2) is 4.98 Å². The van der Waals surface area contributed by atoms with Gasteiger partial charge in [-0.2, -0.15) is 0 Å². The van der Waals surface area contributed by atoms with Gasteiger partial charge in [0.1, 0.15) is 10.7 Å². The molecule has 0 bridgehead atoms. The van der Waals surface area contributed by atoms with Crippen LogP contribution in [0.4, 0.5) is 5.69 Å². The van der Waals surface area contributed by atoms with Crippen molar-refractivity contribution in [1.82, 2.24) is 4.98 Å². The predicted molar refractivity (Wildman–Crippen MR) is 124 cm³/mol. The summed E-state index contributed by atoms with van der Waals surface area (Å²) < 4.78 is 5.40. The molecule has 3 nitrogen and oxygen atoms in total. The van der Waals surface area contributed by atoms with E-state index in [2.05, 4.69) is 58.8 Å². The molecule has 0 spiro atoms. The van der Waals surface area contributed by atoms with E-state index in [9.17, 15) is 0 Å². The first-order chi connectivity index (χ1) is 14.2. The molecule has 0 fully saturated rings. The van der Waals surface area contributed by atoms with E-state index in [0.717, 1.165) is 49.4 Å². The SMILES string of the molecule is COc1cccc(N2Cc3nc(-c4cccs4)cc(-c4ccccc4)c3C2=S)c1. The number of rotatable bonds is 4. The molecule has 1 aliphatic rings. The predicted octanol–water partition coefficient (Wildman–Crippen LogP) is 6.18. The number of thiocarbonyl (C=S) groups is 1. The molecule has 2 aromatic carbocycles. The molecule has 0 aliphatic carbocycles. The Hall–Kier alpha value is -3.02. The second kappa shape index (κ2) is 7.43. The molecule has 2 aromatic heterocycles. The number of hydrogen-bond donors (Lipinski definition) is 0. The fourth-order valence-corrected chi connectivity index (χ4v) is 4.77. The van der Waals surface area contributed by atoms with Crippen LogP contribution in [0.1, 0.15) is 11.3 Å². The van der Waals surface area contributed by atoms with E-state index in [1.165, 1.54) is 0 Å². The summed E-state index contributed by atoms with van der Waals surface area (Å²) in [4.78, 5) is 9.11. The van der Waals surface area contributed by atoms with Gasteiger partial charge in [0, 0.05) is 17.3 Å². The van der Waals surface area contributed by atoms with Crippen molar-refractivity contribution in [3.8, 4) is 27.4 Å². The van der Waals surface area contributed by atoms with E-state index in [1.807, 2.05) is 24.3 Å². The Kier molecular flexibility index (Phi) is 4.62. The third-order valence-electron chi connectivity index (χ3n) is 5.08. The standard InChI is InChI=1S/C24H18N2OS2/c1-27-18-10-5-9-17(13-18)26-15-21-23(24(26)28)19(16-7-3-2-4-8-16)14-20(25-21)22-11-6-12-29-22/h2-14H,15H2,1H3. The van der Waals surface area contributed by atoms with Crippen molar-refractivity contribution in [2.45, 2.75) is 6.54 Å². The Balaban J connectivity index is 1.66. The maximum Gasteiger partial charge on any atom is 0.120 e. The van der Waals surface area contributed by atoms with Gasteiger partial charge >= 0.3 is 0 Å². The monoisotopic (exact) mass is 414 g/mol. The van der Waals surface area contributed by atoms with Crippen LogP contribution >= 0.6 is 23.6 Å². The largest absolute Gasteiger partial charge is 0.497 e. The van der Waals surface area contributed by atoms with Gasteiger partial charge in [0.25, 0.3) is 0 Å². The fourth-order valence-electron chi connectivity index (χ4n) is 3.69. The molecule has 3 heterocycles. The molecular formula is C24H18N2OS2. The van der Waals surface area contributed by atoms with E-state index < -0.39 is 0 Å². The molecule has 0 saturated carbocycles. The average Bonchev–Trinajstić information content (AvgIpc) is 3.42. The Morgan fingerprint density at radius 1 is 1.00 bits per heavy atom. The molecule has 5 rings (SSSR count). The minimum Gasteiger partial charge on any atom is -0.497 e. The first-order valence-corrected chi connectivity index (χ1v) is 10.6. The summed E-state index contributed by atoms with van der Waals surface area (Å²) in [5.74, 6) is 0.816. The normalized spacial score (nSPS) is 12.9. The van der Waals surface area contributed by atoms with Gasteiger partial charge in [-0.1, -0.05) is 54.7 Å². The summed E-state index contributed by atoms with van der Waals surface area (Å²) in [6, 6.07) is 24.8. The molecule has 1 aliphatic heterocycles. The van der Waals surface area contributed by atoms with E-state index >= 15 is 0 Å². The summed E-state index contributed by atoms with van der Waals surface area (Å²) in [6.45, 7) is 0.653. The molecule has 142 valence electrons. The highest BCUT2D eigenvalue weighted by molar-refractivity contribution is 7.81. The van der Waals surface area contributed by atoms with Crippen molar-refractivity contribution in [3.63, 3.8) is 0 Å². The Labute approximate surface area is 179 Å². The lowest BCUT2D eigenvalue weighted by molar-refractivity contribution is 0.415. The molecular weight excluding hydrogens is 396 g/mol. The lowest BCUT2D eigenvalue weighted by Gasteiger charge is -2.19. The third kappa shape index (κ3) is 3.22. The van der Waals surface area contributed by atoms with Gasteiger partial charge in [0.2, 0.25) is 0 Å².